The molecular weight excluding hydrogens is 560 g/mol. The molecular formula is C26H21BrN4O7. The molecule has 1 aliphatic heterocycles. The van der Waals surface area contributed by atoms with Gasteiger partial charge in [-0.25, -0.2) is 4.98 Å². The van der Waals surface area contributed by atoms with Gasteiger partial charge < -0.3 is 18.9 Å². The van der Waals surface area contributed by atoms with Gasteiger partial charge in [-0.2, -0.15) is 9.78 Å². The first-order valence-corrected chi connectivity index (χ1v) is 12.3. The molecule has 3 aromatic carbocycles. The van der Waals surface area contributed by atoms with Crippen LogP contribution in [0.5, 0.6) is 23.0 Å². The molecule has 0 fully saturated rings. The number of aromatic nitrogens is 2. The van der Waals surface area contributed by atoms with Crippen LogP contribution < -0.4 is 24.5 Å². The number of nitrogens with zero attached hydrogens (tertiary/aromatic N) is 4. The second-order valence-electron chi connectivity index (χ2n) is 8.22. The molecule has 0 amide bonds. The van der Waals surface area contributed by atoms with Gasteiger partial charge in [0.15, 0.2) is 17.2 Å². The Balaban J connectivity index is 1.49. The number of aryl methyl sites for hydroxylation is 1. The number of nitro groups is 1. The molecule has 5 rings (SSSR count). The Hall–Kier alpha value is -4.45. The van der Waals surface area contributed by atoms with Gasteiger partial charge >= 0.3 is 5.69 Å². The van der Waals surface area contributed by atoms with Crippen LogP contribution in [-0.4, -0.2) is 34.2 Å². The van der Waals surface area contributed by atoms with E-state index in [1.54, 1.807) is 56.3 Å². The van der Waals surface area contributed by atoms with Gasteiger partial charge in [0, 0.05) is 16.1 Å². The van der Waals surface area contributed by atoms with Crippen molar-refractivity contribution in [1.29, 1.82) is 0 Å². The van der Waals surface area contributed by atoms with Crippen molar-refractivity contribution in [2.45, 2.75) is 20.5 Å². The topological polar surface area (TPSA) is 127 Å². The zero-order valence-electron chi connectivity index (χ0n) is 20.3. The Morgan fingerprint density at radius 3 is 2.76 bits per heavy atom. The highest BCUT2D eigenvalue weighted by molar-refractivity contribution is 9.10. The van der Waals surface area contributed by atoms with Gasteiger partial charge in [-0.15, -0.1) is 0 Å². The van der Waals surface area contributed by atoms with Crippen molar-refractivity contribution in [3.8, 4) is 23.0 Å². The number of rotatable bonds is 8. The molecule has 0 aliphatic carbocycles. The van der Waals surface area contributed by atoms with Crippen LogP contribution in [0.2, 0.25) is 0 Å². The highest BCUT2D eigenvalue weighted by Gasteiger charge is 2.23. The molecule has 12 heteroatoms. The monoisotopic (exact) mass is 580 g/mol. The Labute approximate surface area is 224 Å². The first kappa shape index (κ1) is 25.2. The summed E-state index contributed by atoms with van der Waals surface area (Å²) in [5.74, 6) is 1.73. The number of benzene rings is 3. The van der Waals surface area contributed by atoms with E-state index in [1.165, 1.54) is 12.3 Å². The zero-order chi connectivity index (χ0) is 26.8. The average molecular weight is 581 g/mol. The van der Waals surface area contributed by atoms with Crippen molar-refractivity contribution in [1.82, 2.24) is 9.66 Å². The number of ether oxygens (including phenoxy) is 4. The normalized spacial score (nSPS) is 12.3. The lowest BCUT2D eigenvalue weighted by molar-refractivity contribution is -0.386. The lowest BCUT2D eigenvalue weighted by Crippen LogP contribution is -2.20. The van der Waals surface area contributed by atoms with Crippen molar-refractivity contribution >= 4 is 38.7 Å². The van der Waals surface area contributed by atoms with Gasteiger partial charge in [-0.3, -0.25) is 14.9 Å². The summed E-state index contributed by atoms with van der Waals surface area (Å²) in [7, 11) is 0. The van der Waals surface area contributed by atoms with Gasteiger partial charge in [-0.1, -0.05) is 22.0 Å². The van der Waals surface area contributed by atoms with Gasteiger partial charge in [0.2, 0.25) is 12.5 Å². The van der Waals surface area contributed by atoms with Crippen LogP contribution in [0.3, 0.4) is 0 Å². The summed E-state index contributed by atoms with van der Waals surface area (Å²) >= 11 is 3.36. The lowest BCUT2D eigenvalue weighted by atomic mass is 10.1. The average Bonchev–Trinajstić information content (AvgIpc) is 3.36. The maximum atomic E-state index is 13.0. The first-order valence-electron chi connectivity index (χ1n) is 11.5. The van der Waals surface area contributed by atoms with Gasteiger partial charge in [0.05, 0.1) is 28.6 Å². The Bertz CT molecular complexity index is 1650. The maximum Gasteiger partial charge on any atom is 0.315 e. The molecule has 0 N–H and O–H groups in total. The minimum absolute atomic E-state index is 0.0164. The number of nitro benzene ring substituents is 1. The van der Waals surface area contributed by atoms with Crippen LogP contribution in [0.1, 0.15) is 23.9 Å². The van der Waals surface area contributed by atoms with Gasteiger partial charge in [0.1, 0.15) is 12.4 Å². The Morgan fingerprint density at radius 1 is 1.16 bits per heavy atom. The van der Waals surface area contributed by atoms with Crippen LogP contribution in [-0.2, 0) is 6.61 Å². The Morgan fingerprint density at radius 2 is 1.97 bits per heavy atom. The number of hydrogen-bond acceptors (Lipinski definition) is 9. The minimum atomic E-state index is -0.554. The molecule has 1 aliphatic rings. The maximum absolute atomic E-state index is 13.0. The van der Waals surface area contributed by atoms with Crippen LogP contribution in [0.25, 0.3) is 10.9 Å². The summed E-state index contributed by atoms with van der Waals surface area (Å²) in [5, 5.41) is 16.6. The summed E-state index contributed by atoms with van der Waals surface area (Å²) in [5.41, 5.74) is 0.953. The molecule has 194 valence electrons. The largest absolute Gasteiger partial charge is 0.490 e. The third-order valence-corrected chi connectivity index (χ3v) is 6.16. The molecule has 11 nitrogen and oxygen atoms in total. The molecule has 0 saturated heterocycles. The molecule has 2 heterocycles. The molecule has 0 spiro atoms. The fourth-order valence-corrected chi connectivity index (χ4v) is 4.29. The van der Waals surface area contributed by atoms with E-state index in [4.69, 9.17) is 18.9 Å². The summed E-state index contributed by atoms with van der Waals surface area (Å²) in [6, 6.07) is 13.4. The molecule has 1 aromatic heterocycles. The van der Waals surface area contributed by atoms with E-state index < -0.39 is 4.92 Å². The standard InChI is InChI=1S/C26H21BrN4O7/c1-3-35-24-10-17(12-28-30-15(2)29-20-6-5-18(27)11-19(20)26(30)32)8-21(31(33)34)25(24)36-13-16-4-7-22-23(9-16)38-14-37-22/h4-12H,3,13-14H2,1-2H3. The first-order chi connectivity index (χ1) is 18.3. The fourth-order valence-electron chi connectivity index (χ4n) is 3.93. The van der Waals surface area contributed by atoms with Crippen molar-refractivity contribution in [2.75, 3.05) is 13.4 Å². The minimum Gasteiger partial charge on any atom is -0.490 e. The van der Waals surface area contributed by atoms with E-state index in [0.29, 0.717) is 33.8 Å². The highest BCUT2D eigenvalue weighted by atomic mass is 79.9. The van der Waals surface area contributed by atoms with Crippen LogP contribution >= 0.6 is 15.9 Å². The lowest BCUT2D eigenvalue weighted by Gasteiger charge is -2.13. The van der Waals surface area contributed by atoms with Gasteiger partial charge in [-0.05, 0) is 55.8 Å². The summed E-state index contributed by atoms with van der Waals surface area (Å²) < 4.78 is 24.1. The quantitative estimate of drug-likeness (QED) is 0.162. The third-order valence-electron chi connectivity index (χ3n) is 5.67. The summed E-state index contributed by atoms with van der Waals surface area (Å²) in [6.07, 6.45) is 1.34. The fraction of sp³-hybridized carbons (Fsp3) is 0.192. The van der Waals surface area contributed by atoms with E-state index in [0.717, 1.165) is 14.7 Å². The number of fused-ring (bicyclic) bond motifs is 2. The predicted molar refractivity (Wildman–Crippen MR) is 143 cm³/mol. The van der Waals surface area contributed by atoms with Crippen LogP contribution in [0, 0.1) is 17.0 Å². The van der Waals surface area contributed by atoms with Gasteiger partial charge in [0.25, 0.3) is 5.56 Å². The van der Waals surface area contributed by atoms with E-state index in [9.17, 15) is 14.9 Å². The summed E-state index contributed by atoms with van der Waals surface area (Å²) in [4.78, 5) is 28.9. The van der Waals surface area contributed by atoms with E-state index >= 15 is 0 Å². The molecule has 0 unspecified atom stereocenters. The van der Waals surface area contributed by atoms with E-state index in [2.05, 4.69) is 26.0 Å². The second-order valence-corrected chi connectivity index (χ2v) is 9.13. The van der Waals surface area contributed by atoms with Crippen LogP contribution in [0.15, 0.2) is 62.9 Å². The number of halogens is 1. The molecule has 0 radical (unpaired) electrons. The third kappa shape index (κ3) is 5.02. The van der Waals surface area contributed by atoms with E-state index in [-0.39, 0.29) is 42.8 Å². The van der Waals surface area contributed by atoms with Crippen LogP contribution in [0.4, 0.5) is 5.69 Å². The van der Waals surface area contributed by atoms with Crippen molar-refractivity contribution in [3.05, 3.63) is 90.4 Å². The Kier molecular flexibility index (Phi) is 6.97. The SMILES string of the molecule is CCOc1cc(C=Nn2c(C)nc3ccc(Br)cc3c2=O)cc([N+](=O)[O-])c1OCc1ccc2c(c1)OCO2. The molecule has 0 atom stereocenters. The predicted octanol–water partition coefficient (Wildman–Crippen LogP) is 4.96. The number of hydrogen-bond donors (Lipinski definition) is 0. The summed E-state index contributed by atoms with van der Waals surface area (Å²) in [6.45, 7) is 3.84. The molecule has 0 bridgehead atoms. The second kappa shape index (κ2) is 10.5. The van der Waals surface area contributed by atoms with E-state index in [1.807, 2.05) is 0 Å². The zero-order valence-corrected chi connectivity index (χ0v) is 21.9. The molecule has 0 saturated carbocycles. The smallest absolute Gasteiger partial charge is 0.315 e. The molecule has 4 aromatic rings. The highest BCUT2D eigenvalue weighted by Crippen LogP contribution is 2.39. The van der Waals surface area contributed by atoms with Crippen molar-refractivity contribution in [2.24, 2.45) is 5.10 Å². The van der Waals surface area contributed by atoms with Crippen molar-refractivity contribution in [3.63, 3.8) is 0 Å². The molecule has 38 heavy (non-hydrogen) atoms. The van der Waals surface area contributed by atoms with Crippen molar-refractivity contribution < 1.29 is 23.9 Å².